The van der Waals surface area contributed by atoms with E-state index in [1.54, 1.807) is 19.3 Å². The summed E-state index contributed by atoms with van der Waals surface area (Å²) in [6.45, 7) is 4.62. The molecule has 1 heterocycles. The molecule has 0 saturated carbocycles. The van der Waals surface area contributed by atoms with Crippen LogP contribution in [0.3, 0.4) is 0 Å². The molecule has 0 radical (unpaired) electrons. The summed E-state index contributed by atoms with van der Waals surface area (Å²) in [6.07, 6.45) is 1.56. The zero-order valence-electron chi connectivity index (χ0n) is 13.0. The van der Waals surface area contributed by atoms with Crippen molar-refractivity contribution in [1.29, 1.82) is 0 Å². The van der Waals surface area contributed by atoms with Gasteiger partial charge in [0.05, 0.1) is 0 Å². The van der Waals surface area contributed by atoms with Crippen LogP contribution in [0, 0.1) is 5.92 Å². The molecule has 0 amide bonds. The molecule has 0 bridgehead atoms. The second-order valence-electron chi connectivity index (χ2n) is 5.48. The van der Waals surface area contributed by atoms with Gasteiger partial charge in [-0.25, -0.2) is 18.1 Å². The Morgan fingerprint density at radius 1 is 1.38 bits per heavy atom. The van der Waals surface area contributed by atoms with Crippen LogP contribution in [0.5, 0.6) is 0 Å². The number of pyridine rings is 1. The molecule has 1 unspecified atom stereocenters. The van der Waals surface area contributed by atoms with Crippen LogP contribution in [0.4, 0.5) is 5.82 Å². The number of likely N-dealkylation sites (N-methyl/N-ethyl adjacent to an activating group) is 1. The molecule has 0 saturated heterocycles. The average molecular weight is 379 g/mol. The molecule has 8 heteroatoms. The number of halogens is 1. The monoisotopic (exact) mass is 378 g/mol. The largest absolute Gasteiger partial charge is 0.372 e. The lowest BCUT2D eigenvalue weighted by molar-refractivity contribution is 0.314. The lowest BCUT2D eigenvalue weighted by Crippen LogP contribution is -2.45. The van der Waals surface area contributed by atoms with Gasteiger partial charge in [-0.05, 0) is 42.0 Å². The Kier molecular flexibility index (Phi) is 6.58. The Bertz CT molecular complexity index is 576. The van der Waals surface area contributed by atoms with Gasteiger partial charge in [-0.2, -0.15) is 0 Å². The van der Waals surface area contributed by atoms with Crippen LogP contribution in [0.25, 0.3) is 0 Å². The Labute approximate surface area is 135 Å². The van der Waals surface area contributed by atoms with Crippen molar-refractivity contribution in [2.75, 3.05) is 33.0 Å². The molecule has 1 atom stereocenters. The van der Waals surface area contributed by atoms with Crippen molar-refractivity contribution in [2.24, 2.45) is 5.92 Å². The van der Waals surface area contributed by atoms with Crippen molar-refractivity contribution in [3.05, 3.63) is 16.7 Å². The summed E-state index contributed by atoms with van der Waals surface area (Å²) in [4.78, 5) is 6.19. The molecule has 0 aliphatic carbocycles. The molecule has 0 spiro atoms. The number of sulfonamides is 1. The van der Waals surface area contributed by atoms with Crippen molar-refractivity contribution in [3.63, 3.8) is 0 Å². The number of nitrogens with one attached hydrogen (secondary N) is 2. The van der Waals surface area contributed by atoms with Crippen molar-refractivity contribution in [1.82, 2.24) is 14.6 Å². The van der Waals surface area contributed by atoms with Gasteiger partial charge in [0.2, 0.25) is 10.0 Å². The van der Waals surface area contributed by atoms with E-state index >= 15 is 0 Å². The molecule has 1 rings (SSSR count). The Morgan fingerprint density at radius 3 is 2.48 bits per heavy atom. The number of hydrogen-bond acceptors (Lipinski definition) is 5. The predicted molar refractivity (Wildman–Crippen MR) is 89.0 cm³/mol. The van der Waals surface area contributed by atoms with E-state index in [0.717, 1.165) is 0 Å². The summed E-state index contributed by atoms with van der Waals surface area (Å²) in [5.41, 5.74) is 0. The standard InChI is InChI=1S/C13H23BrN4O2S/c1-9(2)11(8-18(4)5)17-21(19,20)12-6-10(14)7-16-13(12)15-3/h6-7,9,11,17H,8H2,1-5H3,(H,15,16). The van der Waals surface area contributed by atoms with Gasteiger partial charge in [0.1, 0.15) is 10.7 Å². The first kappa shape index (κ1) is 18.3. The van der Waals surface area contributed by atoms with Crippen LogP contribution in [0.1, 0.15) is 13.8 Å². The van der Waals surface area contributed by atoms with E-state index in [0.29, 0.717) is 16.8 Å². The van der Waals surface area contributed by atoms with E-state index in [-0.39, 0.29) is 16.9 Å². The summed E-state index contributed by atoms with van der Waals surface area (Å²) >= 11 is 3.26. The molecule has 120 valence electrons. The Morgan fingerprint density at radius 2 is 2.00 bits per heavy atom. The second-order valence-corrected chi connectivity index (χ2v) is 8.08. The van der Waals surface area contributed by atoms with E-state index in [9.17, 15) is 8.42 Å². The fourth-order valence-electron chi connectivity index (χ4n) is 1.85. The van der Waals surface area contributed by atoms with Crippen LogP contribution in [0.2, 0.25) is 0 Å². The minimum atomic E-state index is -3.65. The topological polar surface area (TPSA) is 74.3 Å². The van der Waals surface area contributed by atoms with Crippen molar-refractivity contribution >= 4 is 31.8 Å². The summed E-state index contributed by atoms with van der Waals surface area (Å²) in [5.74, 6) is 0.512. The number of hydrogen-bond donors (Lipinski definition) is 2. The quantitative estimate of drug-likeness (QED) is 0.755. The smallest absolute Gasteiger partial charge is 0.244 e. The van der Waals surface area contributed by atoms with Gasteiger partial charge < -0.3 is 10.2 Å². The van der Waals surface area contributed by atoms with E-state index in [1.165, 1.54) is 0 Å². The molecule has 1 aromatic rings. The minimum absolute atomic E-state index is 0.142. The Hall–Kier alpha value is -0.700. The van der Waals surface area contributed by atoms with Gasteiger partial charge in [0.15, 0.2) is 0 Å². The maximum Gasteiger partial charge on any atom is 0.244 e. The third kappa shape index (κ3) is 5.21. The normalized spacial score (nSPS) is 13.7. The molecular weight excluding hydrogens is 356 g/mol. The van der Waals surface area contributed by atoms with Crippen molar-refractivity contribution in [2.45, 2.75) is 24.8 Å². The SMILES string of the molecule is CNc1ncc(Br)cc1S(=O)(=O)NC(CN(C)C)C(C)C. The number of rotatable bonds is 7. The first-order chi connectivity index (χ1) is 9.67. The lowest BCUT2D eigenvalue weighted by Gasteiger charge is -2.25. The minimum Gasteiger partial charge on any atom is -0.372 e. The highest BCUT2D eigenvalue weighted by atomic mass is 79.9. The average Bonchev–Trinajstić information content (AvgIpc) is 2.37. The summed E-state index contributed by atoms with van der Waals surface area (Å²) in [7, 11) is 1.84. The molecule has 21 heavy (non-hydrogen) atoms. The predicted octanol–water partition coefficient (Wildman–Crippen LogP) is 1.75. The second kappa shape index (κ2) is 7.53. The van der Waals surface area contributed by atoms with E-state index in [1.807, 2.05) is 32.8 Å². The highest BCUT2D eigenvalue weighted by Gasteiger charge is 2.25. The number of aromatic nitrogens is 1. The first-order valence-corrected chi connectivity index (χ1v) is 8.95. The summed E-state index contributed by atoms with van der Waals surface area (Å²) < 4.78 is 28.7. The van der Waals surface area contributed by atoms with Gasteiger partial charge in [-0.15, -0.1) is 0 Å². The zero-order valence-corrected chi connectivity index (χ0v) is 15.4. The van der Waals surface area contributed by atoms with Gasteiger partial charge in [0.25, 0.3) is 0 Å². The molecule has 0 aliphatic rings. The van der Waals surface area contributed by atoms with Gasteiger partial charge in [-0.1, -0.05) is 13.8 Å². The van der Waals surface area contributed by atoms with Crippen LogP contribution in [-0.4, -0.2) is 52.0 Å². The maximum absolute atomic E-state index is 12.6. The highest BCUT2D eigenvalue weighted by Crippen LogP contribution is 2.23. The molecule has 1 aromatic heterocycles. The molecule has 0 aromatic carbocycles. The molecule has 0 aliphatic heterocycles. The number of anilines is 1. The third-order valence-electron chi connectivity index (χ3n) is 3.02. The zero-order chi connectivity index (χ0) is 16.2. The van der Waals surface area contributed by atoms with Gasteiger partial charge >= 0.3 is 0 Å². The summed E-state index contributed by atoms with van der Waals surface area (Å²) in [5, 5.41) is 2.81. The van der Waals surface area contributed by atoms with Crippen molar-refractivity contribution < 1.29 is 8.42 Å². The van der Waals surface area contributed by atoms with E-state index in [4.69, 9.17) is 0 Å². The highest BCUT2D eigenvalue weighted by molar-refractivity contribution is 9.10. The van der Waals surface area contributed by atoms with Crippen LogP contribution >= 0.6 is 15.9 Å². The van der Waals surface area contributed by atoms with Gasteiger partial charge in [-0.3, -0.25) is 0 Å². The lowest BCUT2D eigenvalue weighted by atomic mass is 10.1. The first-order valence-electron chi connectivity index (χ1n) is 6.67. The number of nitrogens with zero attached hydrogens (tertiary/aromatic N) is 2. The van der Waals surface area contributed by atoms with E-state index in [2.05, 4.69) is 31.0 Å². The Balaban J connectivity index is 3.13. The van der Waals surface area contributed by atoms with Crippen LogP contribution < -0.4 is 10.0 Å². The maximum atomic E-state index is 12.6. The summed E-state index contributed by atoms with van der Waals surface area (Å²) in [6, 6.07) is 1.38. The fraction of sp³-hybridized carbons (Fsp3) is 0.615. The third-order valence-corrected chi connectivity index (χ3v) is 4.96. The van der Waals surface area contributed by atoms with E-state index < -0.39 is 10.0 Å². The van der Waals surface area contributed by atoms with Gasteiger partial charge in [0, 0.05) is 30.3 Å². The van der Waals surface area contributed by atoms with Crippen molar-refractivity contribution in [3.8, 4) is 0 Å². The van der Waals surface area contributed by atoms with Crippen LogP contribution in [0.15, 0.2) is 21.6 Å². The molecule has 2 N–H and O–H groups in total. The fourth-order valence-corrected chi connectivity index (χ4v) is 3.90. The molecular formula is C13H23BrN4O2S. The van der Waals surface area contributed by atoms with Crippen LogP contribution in [-0.2, 0) is 10.0 Å². The molecule has 6 nitrogen and oxygen atoms in total. The molecule has 0 fully saturated rings.